The van der Waals surface area contributed by atoms with E-state index in [4.69, 9.17) is 12.2 Å². The van der Waals surface area contributed by atoms with Crippen LogP contribution in [0.5, 0.6) is 0 Å². The summed E-state index contributed by atoms with van der Waals surface area (Å²) in [5.41, 5.74) is 6.92. The summed E-state index contributed by atoms with van der Waals surface area (Å²) in [6, 6.07) is 6.32. The van der Waals surface area contributed by atoms with E-state index in [0.717, 1.165) is 5.56 Å². The number of hydrogen-bond donors (Lipinski definition) is 3. The maximum absolute atomic E-state index is 11.8. The van der Waals surface area contributed by atoms with E-state index < -0.39 is 6.04 Å². The average Bonchev–Trinajstić information content (AvgIpc) is 2.41. The Kier molecular flexibility index (Phi) is 5.58. The highest BCUT2D eigenvalue weighted by Gasteiger charge is 2.14. The van der Waals surface area contributed by atoms with E-state index in [1.807, 2.05) is 0 Å². The summed E-state index contributed by atoms with van der Waals surface area (Å²) in [7, 11) is 1.56. The van der Waals surface area contributed by atoms with Crippen LogP contribution in [-0.4, -0.2) is 24.9 Å². The summed E-state index contributed by atoms with van der Waals surface area (Å²) in [6.45, 7) is 0. The molecule has 1 rings (SSSR count). The number of likely N-dealkylation sites (N-methyl/N-ethyl adjacent to an activating group) is 1. The van der Waals surface area contributed by atoms with Crippen molar-refractivity contribution in [1.82, 2.24) is 5.32 Å². The smallest absolute Gasteiger partial charge is 0.242 e. The molecule has 0 saturated carbocycles. The molecule has 1 aromatic carbocycles. The van der Waals surface area contributed by atoms with Crippen molar-refractivity contribution < 1.29 is 9.59 Å². The number of rotatable bonds is 5. The third-order valence-electron chi connectivity index (χ3n) is 2.58. The van der Waals surface area contributed by atoms with Crippen LogP contribution in [-0.2, 0) is 16.0 Å². The van der Waals surface area contributed by atoms with Gasteiger partial charge in [-0.2, -0.15) is 0 Å². The summed E-state index contributed by atoms with van der Waals surface area (Å²) in [5.74, 6) is 1.85. The maximum Gasteiger partial charge on any atom is 0.242 e. The first-order chi connectivity index (χ1) is 9.08. The highest BCUT2D eigenvalue weighted by molar-refractivity contribution is 5.96. The van der Waals surface area contributed by atoms with Crippen LogP contribution in [0.25, 0.3) is 0 Å². The van der Waals surface area contributed by atoms with Gasteiger partial charge in [0.15, 0.2) is 0 Å². The zero-order chi connectivity index (χ0) is 14.3. The fourth-order valence-corrected chi connectivity index (χ4v) is 1.50. The van der Waals surface area contributed by atoms with E-state index in [-0.39, 0.29) is 24.7 Å². The van der Waals surface area contributed by atoms with Gasteiger partial charge in [0, 0.05) is 19.2 Å². The lowest BCUT2D eigenvalue weighted by molar-refractivity contribution is -0.120. The van der Waals surface area contributed by atoms with E-state index in [1.54, 1.807) is 31.3 Å². The summed E-state index contributed by atoms with van der Waals surface area (Å²) < 4.78 is 0. The molecule has 19 heavy (non-hydrogen) atoms. The molecule has 1 atom stereocenters. The number of hydrogen-bond acceptors (Lipinski definition) is 3. The van der Waals surface area contributed by atoms with Crippen molar-refractivity contribution in [2.45, 2.75) is 18.9 Å². The molecule has 0 spiro atoms. The van der Waals surface area contributed by atoms with Gasteiger partial charge in [0.25, 0.3) is 0 Å². The molecule has 2 amide bonds. The predicted octanol–water partition coefficient (Wildman–Crippen LogP) is 0.264. The highest BCUT2D eigenvalue weighted by atomic mass is 16.2. The van der Waals surface area contributed by atoms with Gasteiger partial charge in [-0.1, -0.05) is 18.2 Å². The monoisotopic (exact) mass is 259 g/mol. The molecule has 0 heterocycles. The number of benzene rings is 1. The first kappa shape index (κ1) is 14.7. The molecule has 1 aromatic rings. The Morgan fingerprint density at radius 1 is 1.42 bits per heavy atom. The van der Waals surface area contributed by atoms with Crippen LogP contribution in [0.2, 0.25) is 0 Å². The van der Waals surface area contributed by atoms with Gasteiger partial charge in [0.1, 0.15) is 0 Å². The van der Waals surface area contributed by atoms with Gasteiger partial charge >= 0.3 is 0 Å². The van der Waals surface area contributed by atoms with Gasteiger partial charge in [-0.15, -0.1) is 12.3 Å². The van der Waals surface area contributed by atoms with Crippen LogP contribution < -0.4 is 16.4 Å². The Labute approximate surface area is 112 Å². The summed E-state index contributed by atoms with van der Waals surface area (Å²) >= 11 is 0. The molecule has 0 aliphatic heterocycles. The highest BCUT2D eigenvalue weighted by Crippen LogP contribution is 2.16. The molecule has 1 unspecified atom stereocenters. The number of nitrogens with two attached hydrogens (primary N) is 1. The number of amides is 2. The molecule has 0 bridgehead atoms. The van der Waals surface area contributed by atoms with Gasteiger partial charge in [-0.05, 0) is 11.6 Å². The minimum Gasteiger partial charge on any atom is -0.359 e. The maximum atomic E-state index is 11.8. The average molecular weight is 259 g/mol. The second kappa shape index (κ2) is 7.19. The van der Waals surface area contributed by atoms with Crippen molar-refractivity contribution in [2.75, 3.05) is 12.4 Å². The first-order valence-electron chi connectivity index (χ1n) is 5.87. The van der Waals surface area contributed by atoms with Gasteiger partial charge in [0.2, 0.25) is 11.8 Å². The fraction of sp³-hybridized carbons (Fsp3) is 0.286. The SMILES string of the molecule is C#CCC(N)C(=O)Nc1ccccc1CC(=O)NC. The number of anilines is 1. The molecule has 0 radical (unpaired) electrons. The molecule has 0 aliphatic rings. The standard InChI is InChI=1S/C14H17N3O2/c1-3-6-11(15)14(19)17-12-8-5-4-7-10(12)9-13(18)16-2/h1,4-5,7-8,11H,6,9,15H2,2H3,(H,16,18)(H,17,19). The van der Waals surface area contributed by atoms with Crippen molar-refractivity contribution in [3.63, 3.8) is 0 Å². The summed E-state index contributed by atoms with van der Waals surface area (Å²) in [5, 5.41) is 5.22. The molecule has 0 aromatic heterocycles. The lowest BCUT2D eigenvalue weighted by Crippen LogP contribution is -2.35. The lowest BCUT2D eigenvalue weighted by Gasteiger charge is -2.13. The van der Waals surface area contributed by atoms with Crippen LogP contribution in [0.15, 0.2) is 24.3 Å². The molecule has 0 fully saturated rings. The number of carbonyl (C=O) groups excluding carboxylic acids is 2. The van der Waals surface area contributed by atoms with Gasteiger partial charge in [-0.25, -0.2) is 0 Å². The van der Waals surface area contributed by atoms with E-state index in [0.29, 0.717) is 5.69 Å². The largest absolute Gasteiger partial charge is 0.359 e. The second-order valence-corrected chi connectivity index (χ2v) is 4.01. The molecule has 4 N–H and O–H groups in total. The minimum atomic E-state index is -0.752. The number of nitrogens with one attached hydrogen (secondary N) is 2. The van der Waals surface area contributed by atoms with Crippen LogP contribution in [0.4, 0.5) is 5.69 Å². The second-order valence-electron chi connectivity index (χ2n) is 4.01. The molecule has 5 heteroatoms. The normalized spacial score (nSPS) is 11.2. The Hall–Kier alpha value is -2.32. The van der Waals surface area contributed by atoms with Gasteiger partial charge < -0.3 is 16.4 Å². The quantitative estimate of drug-likeness (QED) is 0.663. The Morgan fingerprint density at radius 3 is 2.74 bits per heavy atom. The third-order valence-corrected chi connectivity index (χ3v) is 2.58. The Morgan fingerprint density at radius 2 is 2.11 bits per heavy atom. The van der Waals surface area contributed by atoms with Crippen molar-refractivity contribution in [3.8, 4) is 12.3 Å². The van der Waals surface area contributed by atoms with Crippen LogP contribution >= 0.6 is 0 Å². The molecule has 100 valence electrons. The molecular weight excluding hydrogens is 242 g/mol. The lowest BCUT2D eigenvalue weighted by atomic mass is 10.1. The third kappa shape index (κ3) is 4.45. The fourth-order valence-electron chi connectivity index (χ4n) is 1.50. The number of terminal acetylenes is 1. The molecule has 0 aliphatic carbocycles. The van der Waals surface area contributed by atoms with Gasteiger partial charge in [0.05, 0.1) is 12.5 Å². The number of para-hydroxylation sites is 1. The topological polar surface area (TPSA) is 84.2 Å². The van der Waals surface area contributed by atoms with Crippen molar-refractivity contribution in [2.24, 2.45) is 5.73 Å². The predicted molar refractivity (Wildman–Crippen MR) is 74.3 cm³/mol. The zero-order valence-corrected chi connectivity index (χ0v) is 10.8. The summed E-state index contributed by atoms with van der Waals surface area (Å²) in [4.78, 5) is 23.2. The van der Waals surface area contributed by atoms with Crippen molar-refractivity contribution >= 4 is 17.5 Å². The number of carbonyl (C=O) groups is 2. The van der Waals surface area contributed by atoms with Crippen LogP contribution in [0, 0.1) is 12.3 Å². The van der Waals surface area contributed by atoms with E-state index in [1.165, 1.54) is 0 Å². The van der Waals surface area contributed by atoms with Crippen molar-refractivity contribution in [1.29, 1.82) is 0 Å². The molecule has 0 saturated heterocycles. The molecular formula is C14H17N3O2. The first-order valence-corrected chi connectivity index (χ1v) is 5.87. The van der Waals surface area contributed by atoms with Crippen LogP contribution in [0.3, 0.4) is 0 Å². The van der Waals surface area contributed by atoms with E-state index in [2.05, 4.69) is 16.6 Å². The summed E-state index contributed by atoms with van der Waals surface area (Å²) in [6.07, 6.45) is 5.47. The van der Waals surface area contributed by atoms with Crippen molar-refractivity contribution in [3.05, 3.63) is 29.8 Å². The van der Waals surface area contributed by atoms with Gasteiger partial charge in [-0.3, -0.25) is 9.59 Å². The minimum absolute atomic E-state index is 0.130. The van der Waals surface area contributed by atoms with E-state index in [9.17, 15) is 9.59 Å². The molecule has 5 nitrogen and oxygen atoms in total. The van der Waals surface area contributed by atoms with E-state index >= 15 is 0 Å². The Bertz CT molecular complexity index is 506. The Balaban J connectivity index is 2.81. The van der Waals surface area contributed by atoms with Crippen LogP contribution in [0.1, 0.15) is 12.0 Å². The zero-order valence-electron chi connectivity index (χ0n) is 10.8.